The van der Waals surface area contributed by atoms with Crippen molar-refractivity contribution in [3.63, 3.8) is 0 Å². The molecule has 3 heterocycles. The molecule has 1 fully saturated rings. The van der Waals surface area contributed by atoms with Crippen molar-refractivity contribution in [1.29, 1.82) is 0 Å². The number of aromatic nitrogens is 2. The summed E-state index contributed by atoms with van der Waals surface area (Å²) < 4.78 is 3.96. The van der Waals surface area contributed by atoms with E-state index in [2.05, 4.69) is 43.8 Å². The van der Waals surface area contributed by atoms with Crippen LogP contribution in [0.4, 0.5) is 0 Å². The third-order valence-corrected chi connectivity index (χ3v) is 4.97. The largest absolute Gasteiger partial charge is 0.337 e. The zero-order chi connectivity index (χ0) is 15.0. The van der Waals surface area contributed by atoms with E-state index in [-0.39, 0.29) is 5.91 Å². The minimum Gasteiger partial charge on any atom is -0.337 e. The highest BCUT2D eigenvalue weighted by Crippen LogP contribution is 2.26. The Morgan fingerprint density at radius 1 is 1.43 bits per heavy atom. The Morgan fingerprint density at radius 3 is 3.00 bits per heavy atom. The molecule has 0 radical (unpaired) electrons. The lowest BCUT2D eigenvalue weighted by Gasteiger charge is -2.16. The number of fused-ring (bicyclic) bond motifs is 1. The molecule has 112 valence electrons. The van der Waals surface area contributed by atoms with Crippen molar-refractivity contribution in [3.8, 4) is 0 Å². The maximum Gasteiger partial charge on any atom is 0.223 e. The SMILES string of the molecule is CCCC1CC(=O)N(Cc2cnc3c(Br)cc(Br)cn23)C1. The maximum atomic E-state index is 12.1. The smallest absolute Gasteiger partial charge is 0.223 e. The van der Waals surface area contributed by atoms with Crippen molar-refractivity contribution in [2.75, 3.05) is 6.54 Å². The molecular weight excluding hydrogens is 398 g/mol. The zero-order valence-electron chi connectivity index (χ0n) is 11.9. The van der Waals surface area contributed by atoms with Gasteiger partial charge in [-0.2, -0.15) is 0 Å². The molecule has 1 unspecified atom stereocenters. The highest BCUT2D eigenvalue weighted by molar-refractivity contribution is 9.11. The first-order valence-corrected chi connectivity index (χ1v) is 8.76. The van der Waals surface area contributed by atoms with Crippen molar-refractivity contribution < 1.29 is 4.79 Å². The van der Waals surface area contributed by atoms with Gasteiger partial charge in [-0.25, -0.2) is 4.98 Å². The van der Waals surface area contributed by atoms with Crippen molar-refractivity contribution in [1.82, 2.24) is 14.3 Å². The standard InChI is InChI=1S/C15H17Br2N3O/c1-2-3-10-4-14(21)19(7-10)9-12-6-18-15-13(17)5-11(16)8-20(12)15/h5-6,8,10H,2-4,7,9H2,1H3. The van der Waals surface area contributed by atoms with Crippen LogP contribution in [0.25, 0.3) is 5.65 Å². The molecule has 0 bridgehead atoms. The topological polar surface area (TPSA) is 37.6 Å². The first kappa shape index (κ1) is 15.0. The molecule has 6 heteroatoms. The van der Waals surface area contributed by atoms with Crippen LogP contribution in [0.1, 0.15) is 31.9 Å². The number of hydrogen-bond donors (Lipinski definition) is 0. The zero-order valence-corrected chi connectivity index (χ0v) is 15.0. The molecule has 1 aliphatic rings. The van der Waals surface area contributed by atoms with Gasteiger partial charge in [0, 0.05) is 23.6 Å². The van der Waals surface area contributed by atoms with E-state index in [1.807, 2.05) is 27.8 Å². The Labute approximate surface area is 140 Å². The molecule has 0 saturated carbocycles. The molecule has 0 aromatic carbocycles. The van der Waals surface area contributed by atoms with Crippen LogP contribution in [0.15, 0.2) is 27.4 Å². The third-order valence-electron chi connectivity index (χ3n) is 3.95. The highest BCUT2D eigenvalue weighted by atomic mass is 79.9. The summed E-state index contributed by atoms with van der Waals surface area (Å²) >= 11 is 7.02. The van der Waals surface area contributed by atoms with Gasteiger partial charge in [-0.05, 0) is 50.3 Å². The molecule has 1 saturated heterocycles. The van der Waals surface area contributed by atoms with E-state index in [1.165, 1.54) is 0 Å². The van der Waals surface area contributed by atoms with Gasteiger partial charge in [-0.1, -0.05) is 13.3 Å². The molecule has 0 N–H and O–H groups in total. The molecule has 1 aliphatic heterocycles. The van der Waals surface area contributed by atoms with Crippen LogP contribution in [-0.4, -0.2) is 26.7 Å². The van der Waals surface area contributed by atoms with Gasteiger partial charge >= 0.3 is 0 Å². The van der Waals surface area contributed by atoms with Crippen LogP contribution in [0.3, 0.4) is 0 Å². The Bertz CT molecular complexity index is 683. The third kappa shape index (κ3) is 3.01. The van der Waals surface area contributed by atoms with Gasteiger partial charge in [0.25, 0.3) is 0 Å². The van der Waals surface area contributed by atoms with Crippen LogP contribution in [0, 0.1) is 5.92 Å². The maximum absolute atomic E-state index is 12.1. The predicted molar refractivity (Wildman–Crippen MR) is 89.0 cm³/mol. The lowest BCUT2D eigenvalue weighted by molar-refractivity contribution is -0.128. The molecule has 0 aliphatic carbocycles. The molecule has 1 atom stereocenters. The molecule has 0 spiro atoms. The molecule has 4 nitrogen and oxygen atoms in total. The van der Waals surface area contributed by atoms with Gasteiger partial charge in [0.15, 0.2) is 5.65 Å². The van der Waals surface area contributed by atoms with E-state index in [4.69, 9.17) is 0 Å². The molecule has 3 rings (SSSR count). The minimum absolute atomic E-state index is 0.262. The summed E-state index contributed by atoms with van der Waals surface area (Å²) in [6.07, 6.45) is 6.81. The fourth-order valence-electron chi connectivity index (χ4n) is 2.98. The lowest BCUT2D eigenvalue weighted by Crippen LogP contribution is -2.25. The number of carbonyl (C=O) groups is 1. The predicted octanol–water partition coefficient (Wildman–Crippen LogP) is 4.01. The molecule has 2 aromatic rings. The molecule has 2 aromatic heterocycles. The number of halogens is 2. The van der Waals surface area contributed by atoms with Crippen LogP contribution >= 0.6 is 31.9 Å². The number of carbonyl (C=O) groups excluding carboxylic acids is 1. The summed E-state index contributed by atoms with van der Waals surface area (Å²) in [5, 5.41) is 0. The summed E-state index contributed by atoms with van der Waals surface area (Å²) in [6, 6.07) is 1.98. The Kier molecular flexibility index (Phi) is 4.36. The monoisotopic (exact) mass is 413 g/mol. The van der Waals surface area contributed by atoms with Crippen molar-refractivity contribution in [3.05, 3.63) is 33.1 Å². The summed E-state index contributed by atoms with van der Waals surface area (Å²) in [4.78, 5) is 18.5. The number of likely N-dealkylation sites (tertiary alicyclic amines) is 1. The van der Waals surface area contributed by atoms with Gasteiger partial charge in [0.2, 0.25) is 5.91 Å². The fourth-order valence-corrected chi connectivity index (χ4v) is 4.26. The van der Waals surface area contributed by atoms with Crippen molar-refractivity contribution in [2.45, 2.75) is 32.7 Å². The number of imidazole rings is 1. The minimum atomic E-state index is 0.262. The van der Waals surface area contributed by atoms with Gasteiger partial charge in [-0.15, -0.1) is 0 Å². The second kappa shape index (κ2) is 6.08. The second-order valence-corrected chi connectivity index (χ2v) is 7.35. The Morgan fingerprint density at radius 2 is 2.24 bits per heavy atom. The van der Waals surface area contributed by atoms with Gasteiger partial charge in [0.05, 0.1) is 22.9 Å². The molecular formula is C15H17Br2N3O. The number of hydrogen-bond acceptors (Lipinski definition) is 2. The lowest BCUT2D eigenvalue weighted by atomic mass is 10.0. The molecule has 1 amide bonds. The average molecular weight is 415 g/mol. The number of amides is 1. The number of pyridine rings is 1. The quantitative estimate of drug-likeness (QED) is 0.757. The average Bonchev–Trinajstić information content (AvgIpc) is 2.96. The number of rotatable bonds is 4. The summed E-state index contributed by atoms with van der Waals surface area (Å²) in [5.41, 5.74) is 1.92. The Hall–Kier alpha value is -0.880. The highest BCUT2D eigenvalue weighted by Gasteiger charge is 2.29. The van der Waals surface area contributed by atoms with Crippen LogP contribution in [-0.2, 0) is 11.3 Å². The first-order chi connectivity index (χ1) is 10.1. The summed E-state index contributed by atoms with van der Waals surface area (Å²) in [5.74, 6) is 0.776. The fraction of sp³-hybridized carbons (Fsp3) is 0.467. The van der Waals surface area contributed by atoms with Crippen molar-refractivity contribution in [2.24, 2.45) is 5.92 Å². The summed E-state index contributed by atoms with van der Waals surface area (Å²) in [6.45, 7) is 3.67. The van der Waals surface area contributed by atoms with Crippen LogP contribution in [0.5, 0.6) is 0 Å². The van der Waals surface area contributed by atoms with E-state index < -0.39 is 0 Å². The summed E-state index contributed by atoms with van der Waals surface area (Å²) in [7, 11) is 0. The van der Waals surface area contributed by atoms with Crippen LogP contribution in [0.2, 0.25) is 0 Å². The van der Waals surface area contributed by atoms with Gasteiger partial charge in [0.1, 0.15) is 0 Å². The van der Waals surface area contributed by atoms with Crippen molar-refractivity contribution >= 4 is 43.4 Å². The van der Waals surface area contributed by atoms with Gasteiger partial charge in [-0.3, -0.25) is 4.79 Å². The van der Waals surface area contributed by atoms with E-state index in [0.717, 1.165) is 39.7 Å². The van der Waals surface area contributed by atoms with E-state index in [1.54, 1.807) is 0 Å². The van der Waals surface area contributed by atoms with E-state index in [0.29, 0.717) is 18.9 Å². The molecule has 21 heavy (non-hydrogen) atoms. The Balaban J connectivity index is 1.84. The first-order valence-electron chi connectivity index (χ1n) is 7.17. The van der Waals surface area contributed by atoms with Crippen LogP contribution < -0.4 is 0 Å². The number of nitrogens with zero attached hydrogens (tertiary/aromatic N) is 3. The van der Waals surface area contributed by atoms with E-state index >= 15 is 0 Å². The normalized spacial score (nSPS) is 18.9. The second-order valence-electron chi connectivity index (χ2n) is 5.58. The van der Waals surface area contributed by atoms with E-state index in [9.17, 15) is 4.79 Å². The van der Waals surface area contributed by atoms with Gasteiger partial charge < -0.3 is 9.30 Å².